The lowest BCUT2D eigenvalue weighted by atomic mass is 9.51. The van der Waals surface area contributed by atoms with Crippen LogP contribution in [0.1, 0.15) is 38.4 Å². The molecule has 2 aliphatic rings. The van der Waals surface area contributed by atoms with Crippen LogP contribution in [0.4, 0.5) is 0 Å². The van der Waals surface area contributed by atoms with E-state index in [-0.39, 0.29) is 0 Å². The Morgan fingerprint density at radius 2 is 2.38 bits per heavy atom. The molecule has 1 aromatic rings. The molecule has 1 spiro atoms. The molecular weight excluding hydrogens is 266 g/mol. The van der Waals surface area contributed by atoms with E-state index in [1.807, 2.05) is 19.2 Å². The van der Waals surface area contributed by atoms with Gasteiger partial charge in [0.25, 0.3) is 0 Å². The number of rotatable bonds is 5. The zero-order chi connectivity index (χ0) is 14.7. The van der Waals surface area contributed by atoms with Gasteiger partial charge in [-0.25, -0.2) is 0 Å². The highest BCUT2D eigenvalue weighted by Crippen LogP contribution is 2.57. The zero-order valence-electron chi connectivity index (χ0n) is 12.9. The lowest BCUT2D eigenvalue weighted by Crippen LogP contribution is -2.68. The minimum atomic E-state index is 0.346. The molecule has 3 rings (SSSR count). The maximum atomic E-state index is 5.88. The highest BCUT2D eigenvalue weighted by atomic mass is 16.5. The van der Waals surface area contributed by atoms with Gasteiger partial charge in [0.1, 0.15) is 5.76 Å². The van der Waals surface area contributed by atoms with Crippen LogP contribution < -0.4 is 10.6 Å². The molecule has 116 valence electrons. The molecule has 5 heteroatoms. The van der Waals surface area contributed by atoms with E-state index >= 15 is 0 Å². The standard InChI is InChI=1S/C16H25N3O2/c1-3-20-14-10-13(16(14)7-5-8-16)19-15(17-2)18-11-12-6-4-9-21-12/h4,6,9,13-14H,3,5,7-8,10-11H2,1-2H3,(H2,17,18,19). The van der Waals surface area contributed by atoms with Crippen LogP contribution in [-0.2, 0) is 11.3 Å². The van der Waals surface area contributed by atoms with E-state index in [1.165, 1.54) is 19.3 Å². The van der Waals surface area contributed by atoms with Crippen molar-refractivity contribution >= 4 is 5.96 Å². The largest absolute Gasteiger partial charge is 0.467 e. The van der Waals surface area contributed by atoms with Crippen LogP contribution in [0.5, 0.6) is 0 Å². The van der Waals surface area contributed by atoms with E-state index in [1.54, 1.807) is 6.26 Å². The van der Waals surface area contributed by atoms with E-state index in [4.69, 9.17) is 9.15 Å². The van der Waals surface area contributed by atoms with Crippen LogP contribution in [0.25, 0.3) is 0 Å². The second kappa shape index (κ2) is 6.10. The predicted octanol–water partition coefficient (Wildman–Crippen LogP) is 2.29. The smallest absolute Gasteiger partial charge is 0.191 e. The maximum absolute atomic E-state index is 5.88. The highest BCUT2D eigenvalue weighted by molar-refractivity contribution is 5.80. The first kappa shape index (κ1) is 14.4. The number of furan rings is 1. The highest BCUT2D eigenvalue weighted by Gasteiger charge is 2.59. The van der Waals surface area contributed by atoms with Crippen LogP contribution in [0, 0.1) is 5.41 Å². The van der Waals surface area contributed by atoms with Crippen molar-refractivity contribution in [3.05, 3.63) is 24.2 Å². The summed E-state index contributed by atoms with van der Waals surface area (Å²) in [4.78, 5) is 4.32. The minimum Gasteiger partial charge on any atom is -0.467 e. The average molecular weight is 291 g/mol. The van der Waals surface area contributed by atoms with Crippen molar-refractivity contribution in [2.45, 2.75) is 51.3 Å². The molecule has 2 fully saturated rings. The summed E-state index contributed by atoms with van der Waals surface area (Å²) in [7, 11) is 1.81. The van der Waals surface area contributed by atoms with Gasteiger partial charge >= 0.3 is 0 Å². The second-order valence-electron chi connectivity index (χ2n) is 5.97. The number of guanidine groups is 1. The summed E-state index contributed by atoms with van der Waals surface area (Å²) in [5, 5.41) is 6.87. The Morgan fingerprint density at radius 3 is 2.95 bits per heavy atom. The fraction of sp³-hybridized carbons (Fsp3) is 0.688. The minimum absolute atomic E-state index is 0.346. The average Bonchev–Trinajstić information content (AvgIpc) is 2.92. The van der Waals surface area contributed by atoms with Crippen LogP contribution in [0.3, 0.4) is 0 Å². The quantitative estimate of drug-likeness (QED) is 0.645. The number of ether oxygens (including phenoxy) is 1. The Bertz CT molecular complexity index is 480. The van der Waals surface area contributed by atoms with Crippen LogP contribution in [0.2, 0.25) is 0 Å². The molecule has 2 atom stereocenters. The van der Waals surface area contributed by atoms with Crippen molar-refractivity contribution in [3.63, 3.8) is 0 Å². The summed E-state index contributed by atoms with van der Waals surface area (Å²) < 4.78 is 11.2. The van der Waals surface area contributed by atoms with Gasteiger partial charge in [0.15, 0.2) is 5.96 Å². The molecule has 0 aliphatic heterocycles. The fourth-order valence-corrected chi connectivity index (χ4v) is 3.58. The normalized spacial score (nSPS) is 27.0. The summed E-state index contributed by atoms with van der Waals surface area (Å²) in [5.74, 6) is 1.76. The third kappa shape index (κ3) is 2.67. The van der Waals surface area contributed by atoms with Gasteiger partial charge < -0.3 is 19.8 Å². The van der Waals surface area contributed by atoms with E-state index in [2.05, 4.69) is 22.5 Å². The molecule has 0 radical (unpaired) electrons. The molecule has 0 aromatic carbocycles. The Hall–Kier alpha value is -1.49. The maximum Gasteiger partial charge on any atom is 0.191 e. The van der Waals surface area contributed by atoms with Gasteiger partial charge in [0, 0.05) is 25.1 Å². The summed E-state index contributed by atoms with van der Waals surface area (Å²) >= 11 is 0. The monoisotopic (exact) mass is 291 g/mol. The number of nitrogens with one attached hydrogen (secondary N) is 2. The number of hydrogen-bond donors (Lipinski definition) is 2. The van der Waals surface area contributed by atoms with E-state index in [9.17, 15) is 0 Å². The Labute approximate surface area is 126 Å². The molecule has 0 saturated heterocycles. The molecule has 21 heavy (non-hydrogen) atoms. The first-order valence-electron chi connectivity index (χ1n) is 7.89. The molecule has 2 saturated carbocycles. The molecule has 2 unspecified atom stereocenters. The topological polar surface area (TPSA) is 58.8 Å². The molecule has 2 N–H and O–H groups in total. The summed E-state index contributed by atoms with van der Waals surface area (Å²) in [6, 6.07) is 4.34. The second-order valence-corrected chi connectivity index (χ2v) is 5.97. The molecule has 1 heterocycles. The van der Waals surface area contributed by atoms with Crippen molar-refractivity contribution in [2.75, 3.05) is 13.7 Å². The van der Waals surface area contributed by atoms with Gasteiger partial charge in [0.05, 0.1) is 18.9 Å². The van der Waals surface area contributed by atoms with E-state index < -0.39 is 0 Å². The molecule has 0 amide bonds. The summed E-state index contributed by atoms with van der Waals surface area (Å²) in [6.07, 6.45) is 7.05. The van der Waals surface area contributed by atoms with Crippen LogP contribution in [-0.4, -0.2) is 31.8 Å². The van der Waals surface area contributed by atoms with Gasteiger partial charge in [-0.05, 0) is 38.3 Å². The summed E-state index contributed by atoms with van der Waals surface area (Å²) in [6.45, 7) is 3.54. The molecule has 2 aliphatic carbocycles. The lowest BCUT2D eigenvalue weighted by Gasteiger charge is -2.61. The Balaban J connectivity index is 1.53. The van der Waals surface area contributed by atoms with Crippen molar-refractivity contribution in [1.82, 2.24) is 10.6 Å². The van der Waals surface area contributed by atoms with Crippen LogP contribution in [0.15, 0.2) is 27.8 Å². The molecule has 0 bridgehead atoms. The van der Waals surface area contributed by atoms with Crippen molar-refractivity contribution in [1.29, 1.82) is 0 Å². The molecule has 1 aromatic heterocycles. The zero-order valence-corrected chi connectivity index (χ0v) is 12.9. The van der Waals surface area contributed by atoms with Gasteiger partial charge in [-0.2, -0.15) is 0 Å². The van der Waals surface area contributed by atoms with Crippen molar-refractivity contribution in [3.8, 4) is 0 Å². The van der Waals surface area contributed by atoms with Gasteiger partial charge in [-0.1, -0.05) is 6.42 Å². The van der Waals surface area contributed by atoms with Crippen LogP contribution >= 0.6 is 0 Å². The van der Waals surface area contributed by atoms with E-state index in [0.29, 0.717) is 24.1 Å². The Kier molecular flexibility index (Phi) is 4.19. The molecular formula is C16H25N3O2. The van der Waals surface area contributed by atoms with Crippen molar-refractivity contribution < 1.29 is 9.15 Å². The summed E-state index contributed by atoms with van der Waals surface area (Å²) in [5.41, 5.74) is 0.346. The third-order valence-corrected chi connectivity index (χ3v) is 4.98. The first-order chi connectivity index (χ1) is 10.3. The van der Waals surface area contributed by atoms with Crippen molar-refractivity contribution in [2.24, 2.45) is 10.4 Å². The Morgan fingerprint density at radius 1 is 1.52 bits per heavy atom. The number of aliphatic imine (C=N–C) groups is 1. The van der Waals surface area contributed by atoms with Gasteiger partial charge in [-0.3, -0.25) is 4.99 Å². The fourth-order valence-electron chi connectivity index (χ4n) is 3.58. The SMILES string of the molecule is CCOC1CC(NC(=NC)NCc2ccco2)C12CCC2. The van der Waals surface area contributed by atoms with Gasteiger partial charge in [-0.15, -0.1) is 0 Å². The van der Waals surface area contributed by atoms with E-state index in [0.717, 1.165) is 24.7 Å². The third-order valence-electron chi connectivity index (χ3n) is 4.98. The predicted molar refractivity (Wildman–Crippen MR) is 82.1 cm³/mol. The lowest BCUT2D eigenvalue weighted by molar-refractivity contribution is -0.168. The first-order valence-corrected chi connectivity index (χ1v) is 7.89. The number of hydrogen-bond acceptors (Lipinski definition) is 3. The number of nitrogens with zero attached hydrogens (tertiary/aromatic N) is 1. The van der Waals surface area contributed by atoms with Gasteiger partial charge in [0.2, 0.25) is 0 Å². The molecule has 5 nitrogen and oxygen atoms in total.